The van der Waals surface area contributed by atoms with E-state index in [1.54, 1.807) is 14.2 Å². The SMILES string of the molecule is COc1c(Cl)cc(C2CCCCN2)c(C(C)C)c1OC. The number of methoxy groups -OCH3 is 2. The molecule has 0 spiro atoms. The van der Waals surface area contributed by atoms with E-state index in [0.717, 1.165) is 18.7 Å². The standard InChI is InChI=1S/C16H24ClNO2/c1-10(2)14-11(13-7-5-6-8-18-13)9-12(17)15(19-3)16(14)20-4/h9-10,13,18H,5-8H2,1-4H3. The number of benzene rings is 1. The first kappa shape index (κ1) is 15.5. The number of hydrogen-bond donors (Lipinski definition) is 1. The van der Waals surface area contributed by atoms with Crippen molar-refractivity contribution in [2.75, 3.05) is 20.8 Å². The van der Waals surface area contributed by atoms with Crippen molar-refractivity contribution in [2.24, 2.45) is 0 Å². The van der Waals surface area contributed by atoms with Gasteiger partial charge in [0.1, 0.15) is 0 Å². The highest BCUT2D eigenvalue weighted by Gasteiger charge is 2.26. The molecule has 0 radical (unpaired) electrons. The lowest BCUT2D eigenvalue weighted by molar-refractivity contribution is 0.346. The molecule has 1 N–H and O–H groups in total. The largest absolute Gasteiger partial charge is 0.492 e. The van der Waals surface area contributed by atoms with E-state index >= 15 is 0 Å². The summed E-state index contributed by atoms with van der Waals surface area (Å²) in [5.41, 5.74) is 2.45. The average molecular weight is 298 g/mol. The third kappa shape index (κ3) is 2.89. The van der Waals surface area contributed by atoms with Crippen LogP contribution in [0.1, 0.15) is 56.2 Å². The molecule has 1 aromatic rings. The van der Waals surface area contributed by atoms with Gasteiger partial charge in [0.2, 0.25) is 0 Å². The van der Waals surface area contributed by atoms with Crippen LogP contribution in [0.2, 0.25) is 5.02 Å². The molecule has 0 saturated carbocycles. The smallest absolute Gasteiger partial charge is 0.179 e. The Balaban J connectivity index is 2.57. The molecule has 1 heterocycles. The van der Waals surface area contributed by atoms with Gasteiger partial charge in [0.15, 0.2) is 11.5 Å². The van der Waals surface area contributed by atoms with E-state index in [4.69, 9.17) is 21.1 Å². The Bertz CT molecular complexity index is 468. The van der Waals surface area contributed by atoms with Crippen molar-refractivity contribution >= 4 is 11.6 Å². The molecule has 2 rings (SSSR count). The lowest BCUT2D eigenvalue weighted by Gasteiger charge is -2.29. The first-order valence-corrected chi connectivity index (χ1v) is 7.65. The molecule has 1 atom stereocenters. The number of ether oxygens (including phenoxy) is 2. The molecule has 1 fully saturated rings. The average Bonchev–Trinajstić information content (AvgIpc) is 2.46. The third-order valence-electron chi connectivity index (χ3n) is 3.93. The van der Waals surface area contributed by atoms with Crippen molar-refractivity contribution in [1.82, 2.24) is 5.32 Å². The number of halogens is 1. The summed E-state index contributed by atoms with van der Waals surface area (Å²) < 4.78 is 11.0. The second-order valence-corrected chi connectivity index (χ2v) is 5.99. The highest BCUT2D eigenvalue weighted by Crippen LogP contribution is 2.45. The molecule has 1 aliphatic heterocycles. The van der Waals surface area contributed by atoms with Crippen LogP contribution in [0.4, 0.5) is 0 Å². The van der Waals surface area contributed by atoms with E-state index in [1.165, 1.54) is 24.0 Å². The van der Waals surface area contributed by atoms with Crippen LogP contribution in [0.5, 0.6) is 11.5 Å². The molecule has 3 nitrogen and oxygen atoms in total. The van der Waals surface area contributed by atoms with Gasteiger partial charge in [-0.1, -0.05) is 31.9 Å². The number of rotatable bonds is 4. The van der Waals surface area contributed by atoms with Gasteiger partial charge in [-0.2, -0.15) is 0 Å². The molecule has 1 aromatic carbocycles. The maximum atomic E-state index is 6.38. The summed E-state index contributed by atoms with van der Waals surface area (Å²) in [5.74, 6) is 1.77. The summed E-state index contributed by atoms with van der Waals surface area (Å²) in [7, 11) is 3.31. The molecular formula is C16H24ClNO2. The van der Waals surface area contributed by atoms with Crippen LogP contribution in [0.3, 0.4) is 0 Å². The first-order valence-electron chi connectivity index (χ1n) is 7.27. The van der Waals surface area contributed by atoms with Gasteiger partial charge < -0.3 is 14.8 Å². The van der Waals surface area contributed by atoms with Crippen LogP contribution in [-0.2, 0) is 0 Å². The predicted molar refractivity (Wildman–Crippen MR) is 83.2 cm³/mol. The lowest BCUT2D eigenvalue weighted by Crippen LogP contribution is -2.28. The van der Waals surface area contributed by atoms with Gasteiger partial charge >= 0.3 is 0 Å². The maximum absolute atomic E-state index is 6.38. The molecule has 112 valence electrons. The Kier molecular flexibility index (Phi) is 5.17. The van der Waals surface area contributed by atoms with Crippen LogP contribution in [0, 0.1) is 0 Å². The number of nitrogens with one attached hydrogen (secondary N) is 1. The second kappa shape index (κ2) is 6.68. The van der Waals surface area contributed by atoms with E-state index < -0.39 is 0 Å². The third-order valence-corrected chi connectivity index (χ3v) is 4.21. The fourth-order valence-corrected chi connectivity index (χ4v) is 3.32. The van der Waals surface area contributed by atoms with Gasteiger partial charge in [-0.15, -0.1) is 0 Å². The highest BCUT2D eigenvalue weighted by atomic mass is 35.5. The summed E-state index contributed by atoms with van der Waals surface area (Å²) >= 11 is 6.38. The van der Waals surface area contributed by atoms with E-state index in [0.29, 0.717) is 22.7 Å². The van der Waals surface area contributed by atoms with E-state index in [1.807, 2.05) is 6.07 Å². The zero-order valence-electron chi connectivity index (χ0n) is 12.8. The van der Waals surface area contributed by atoms with Crippen molar-refractivity contribution in [3.8, 4) is 11.5 Å². The summed E-state index contributed by atoms with van der Waals surface area (Å²) in [6, 6.07) is 2.40. The Hall–Kier alpha value is -0.930. The summed E-state index contributed by atoms with van der Waals surface area (Å²) in [6.45, 7) is 5.42. The van der Waals surface area contributed by atoms with Crippen LogP contribution in [0.15, 0.2) is 6.07 Å². The zero-order chi connectivity index (χ0) is 14.7. The minimum absolute atomic E-state index is 0.356. The molecule has 0 bridgehead atoms. The van der Waals surface area contributed by atoms with E-state index in [-0.39, 0.29) is 0 Å². The molecule has 0 amide bonds. The van der Waals surface area contributed by atoms with E-state index in [9.17, 15) is 0 Å². The normalized spacial score (nSPS) is 19.2. The molecule has 1 saturated heterocycles. The van der Waals surface area contributed by atoms with Crippen LogP contribution >= 0.6 is 11.6 Å². The van der Waals surface area contributed by atoms with Crippen LogP contribution in [-0.4, -0.2) is 20.8 Å². The summed E-state index contributed by atoms with van der Waals surface area (Å²) in [5, 5.41) is 4.21. The molecule has 4 heteroatoms. The zero-order valence-corrected chi connectivity index (χ0v) is 13.5. The van der Waals surface area contributed by atoms with Gasteiger partial charge in [-0.3, -0.25) is 0 Å². The molecule has 0 aromatic heterocycles. The molecular weight excluding hydrogens is 274 g/mol. The molecule has 1 unspecified atom stereocenters. The Morgan fingerprint density at radius 1 is 1.20 bits per heavy atom. The fourth-order valence-electron chi connectivity index (χ4n) is 3.04. The van der Waals surface area contributed by atoms with Crippen LogP contribution in [0.25, 0.3) is 0 Å². The minimum atomic E-state index is 0.356. The lowest BCUT2D eigenvalue weighted by atomic mass is 9.88. The van der Waals surface area contributed by atoms with Crippen molar-refractivity contribution in [2.45, 2.75) is 45.1 Å². The van der Waals surface area contributed by atoms with Gasteiger partial charge in [0.05, 0.1) is 19.2 Å². The predicted octanol–water partition coefficient (Wildman–Crippen LogP) is 4.30. The molecule has 0 aliphatic carbocycles. The first-order chi connectivity index (χ1) is 9.60. The van der Waals surface area contributed by atoms with Crippen molar-refractivity contribution in [3.63, 3.8) is 0 Å². The second-order valence-electron chi connectivity index (χ2n) is 5.58. The summed E-state index contributed by atoms with van der Waals surface area (Å²) in [4.78, 5) is 0. The highest BCUT2D eigenvalue weighted by molar-refractivity contribution is 6.32. The maximum Gasteiger partial charge on any atom is 0.179 e. The van der Waals surface area contributed by atoms with Gasteiger partial charge in [0, 0.05) is 11.6 Å². The topological polar surface area (TPSA) is 30.5 Å². The minimum Gasteiger partial charge on any atom is -0.492 e. The monoisotopic (exact) mass is 297 g/mol. The van der Waals surface area contributed by atoms with Crippen molar-refractivity contribution < 1.29 is 9.47 Å². The van der Waals surface area contributed by atoms with Crippen molar-refractivity contribution in [3.05, 3.63) is 22.2 Å². The fraction of sp³-hybridized carbons (Fsp3) is 0.625. The molecule has 1 aliphatic rings. The Morgan fingerprint density at radius 2 is 1.90 bits per heavy atom. The number of hydrogen-bond acceptors (Lipinski definition) is 3. The Labute approximate surface area is 126 Å². The van der Waals surface area contributed by atoms with Gasteiger partial charge in [0.25, 0.3) is 0 Å². The molecule has 20 heavy (non-hydrogen) atoms. The van der Waals surface area contributed by atoms with E-state index in [2.05, 4.69) is 19.2 Å². The quantitative estimate of drug-likeness (QED) is 0.899. The van der Waals surface area contributed by atoms with Crippen molar-refractivity contribution in [1.29, 1.82) is 0 Å². The van der Waals surface area contributed by atoms with Crippen LogP contribution < -0.4 is 14.8 Å². The summed E-state index contributed by atoms with van der Waals surface area (Å²) in [6.07, 6.45) is 3.64. The number of piperidine rings is 1. The Morgan fingerprint density at radius 3 is 2.40 bits per heavy atom. The van der Waals surface area contributed by atoms with Gasteiger partial charge in [-0.25, -0.2) is 0 Å². The van der Waals surface area contributed by atoms with Gasteiger partial charge in [-0.05, 0) is 36.9 Å².